The highest BCUT2D eigenvalue weighted by Crippen LogP contribution is 2.19. The number of nitrogens with zero attached hydrogens (tertiary/aromatic N) is 3. The largest absolute Gasteiger partial charge is 0.395 e. The van der Waals surface area contributed by atoms with E-state index in [4.69, 9.17) is 5.11 Å². The van der Waals surface area contributed by atoms with E-state index in [0.29, 0.717) is 6.54 Å². The predicted octanol–water partition coefficient (Wildman–Crippen LogP) is 2.38. The van der Waals surface area contributed by atoms with Crippen LogP contribution < -0.4 is 4.90 Å². The zero-order valence-electron chi connectivity index (χ0n) is 10.9. The second-order valence-electron chi connectivity index (χ2n) is 3.93. The number of benzene rings is 1. The molecular formula is C14H18ClN3O. The maximum absolute atomic E-state index is 9.03. The standard InChI is InChI=1S/C14H17N3O.ClH/c1-2-17(8-9-18)14-10-13(15-11-16-14)12-6-4-3-5-7-12;/h3-7,10-11,18H,2,8-9H2,1H3;1H. The summed E-state index contributed by atoms with van der Waals surface area (Å²) < 4.78 is 0. The molecule has 1 heterocycles. The Hall–Kier alpha value is -1.65. The summed E-state index contributed by atoms with van der Waals surface area (Å²) in [6.45, 7) is 3.56. The number of aliphatic hydroxyl groups is 1. The van der Waals surface area contributed by atoms with E-state index in [1.54, 1.807) is 6.33 Å². The highest BCUT2D eigenvalue weighted by molar-refractivity contribution is 5.85. The molecule has 0 fully saturated rings. The van der Waals surface area contributed by atoms with Crippen LogP contribution in [-0.4, -0.2) is 34.8 Å². The lowest BCUT2D eigenvalue weighted by Gasteiger charge is -2.20. The van der Waals surface area contributed by atoms with Crippen LogP contribution in [0.25, 0.3) is 11.3 Å². The van der Waals surface area contributed by atoms with Crippen LogP contribution in [0.15, 0.2) is 42.7 Å². The van der Waals surface area contributed by atoms with E-state index in [9.17, 15) is 0 Å². The van der Waals surface area contributed by atoms with E-state index < -0.39 is 0 Å². The van der Waals surface area contributed by atoms with Gasteiger partial charge in [0.15, 0.2) is 0 Å². The third kappa shape index (κ3) is 3.91. The van der Waals surface area contributed by atoms with Gasteiger partial charge in [0.25, 0.3) is 0 Å². The molecule has 1 aromatic carbocycles. The molecule has 2 aromatic rings. The van der Waals surface area contributed by atoms with E-state index in [1.807, 2.05) is 48.2 Å². The molecule has 0 saturated heterocycles. The van der Waals surface area contributed by atoms with E-state index in [1.165, 1.54) is 0 Å². The van der Waals surface area contributed by atoms with Gasteiger partial charge in [-0.15, -0.1) is 12.4 Å². The van der Waals surface area contributed by atoms with Gasteiger partial charge in [0, 0.05) is 24.7 Å². The number of anilines is 1. The molecule has 0 aliphatic carbocycles. The quantitative estimate of drug-likeness (QED) is 0.913. The summed E-state index contributed by atoms with van der Waals surface area (Å²) in [7, 11) is 0. The van der Waals surface area contributed by atoms with Crippen LogP contribution in [0, 0.1) is 0 Å². The number of likely N-dealkylation sites (N-methyl/N-ethyl adjacent to an activating group) is 1. The third-order valence-electron chi connectivity index (χ3n) is 2.80. The van der Waals surface area contributed by atoms with Gasteiger partial charge in [-0.25, -0.2) is 9.97 Å². The molecule has 0 radical (unpaired) electrons. The van der Waals surface area contributed by atoms with E-state index >= 15 is 0 Å². The second kappa shape index (κ2) is 7.71. The summed E-state index contributed by atoms with van der Waals surface area (Å²) >= 11 is 0. The van der Waals surface area contributed by atoms with Crippen molar-refractivity contribution in [3.8, 4) is 11.3 Å². The minimum absolute atomic E-state index is 0. The maximum atomic E-state index is 9.03. The first kappa shape index (κ1) is 15.4. The van der Waals surface area contributed by atoms with Gasteiger partial charge in [0.2, 0.25) is 0 Å². The van der Waals surface area contributed by atoms with E-state index in [-0.39, 0.29) is 19.0 Å². The molecule has 19 heavy (non-hydrogen) atoms. The normalized spacial score (nSPS) is 9.79. The predicted molar refractivity (Wildman–Crippen MR) is 79.7 cm³/mol. The lowest BCUT2D eigenvalue weighted by molar-refractivity contribution is 0.302. The molecule has 1 aromatic heterocycles. The van der Waals surface area contributed by atoms with Crippen molar-refractivity contribution in [2.45, 2.75) is 6.92 Å². The van der Waals surface area contributed by atoms with Crippen LogP contribution in [0.4, 0.5) is 5.82 Å². The van der Waals surface area contributed by atoms with Gasteiger partial charge in [0.05, 0.1) is 12.3 Å². The van der Waals surface area contributed by atoms with Crippen molar-refractivity contribution in [1.29, 1.82) is 0 Å². The summed E-state index contributed by atoms with van der Waals surface area (Å²) in [5, 5.41) is 9.03. The molecule has 0 bridgehead atoms. The van der Waals surface area contributed by atoms with Crippen molar-refractivity contribution in [2.24, 2.45) is 0 Å². The first-order valence-corrected chi connectivity index (χ1v) is 6.08. The summed E-state index contributed by atoms with van der Waals surface area (Å²) in [5.74, 6) is 0.848. The Bertz CT molecular complexity index is 493. The topological polar surface area (TPSA) is 49.2 Å². The molecule has 5 heteroatoms. The van der Waals surface area contributed by atoms with E-state index in [2.05, 4.69) is 9.97 Å². The molecule has 0 spiro atoms. The molecule has 2 rings (SSSR count). The van der Waals surface area contributed by atoms with Crippen LogP contribution in [0.5, 0.6) is 0 Å². The Kier molecular flexibility index (Phi) is 6.25. The molecule has 0 saturated carbocycles. The van der Waals surface area contributed by atoms with Crippen LogP contribution in [0.3, 0.4) is 0 Å². The molecule has 1 N–H and O–H groups in total. The second-order valence-corrected chi connectivity index (χ2v) is 3.93. The first-order chi connectivity index (χ1) is 8.85. The number of rotatable bonds is 5. The van der Waals surface area contributed by atoms with Gasteiger partial charge in [-0.2, -0.15) is 0 Å². The Labute approximate surface area is 119 Å². The van der Waals surface area contributed by atoms with Gasteiger partial charge in [-0.05, 0) is 6.92 Å². The number of hydrogen-bond acceptors (Lipinski definition) is 4. The van der Waals surface area contributed by atoms with Crippen molar-refractivity contribution >= 4 is 18.2 Å². The molecule has 0 atom stereocenters. The minimum atomic E-state index is 0. The third-order valence-corrected chi connectivity index (χ3v) is 2.80. The number of aliphatic hydroxyl groups excluding tert-OH is 1. The van der Waals surface area contributed by atoms with Crippen molar-refractivity contribution in [3.63, 3.8) is 0 Å². The lowest BCUT2D eigenvalue weighted by atomic mass is 10.1. The van der Waals surface area contributed by atoms with Crippen LogP contribution in [-0.2, 0) is 0 Å². The van der Waals surface area contributed by atoms with E-state index in [0.717, 1.165) is 23.6 Å². The fourth-order valence-corrected chi connectivity index (χ4v) is 1.84. The summed E-state index contributed by atoms with van der Waals surface area (Å²) in [6, 6.07) is 12.0. The van der Waals surface area contributed by atoms with Crippen LogP contribution in [0.2, 0.25) is 0 Å². The molecule has 0 unspecified atom stereocenters. The average molecular weight is 280 g/mol. The average Bonchev–Trinajstić information content (AvgIpc) is 2.46. The number of halogens is 1. The Morgan fingerprint density at radius 1 is 1.16 bits per heavy atom. The Morgan fingerprint density at radius 2 is 1.89 bits per heavy atom. The van der Waals surface area contributed by atoms with Crippen LogP contribution >= 0.6 is 12.4 Å². The molecular weight excluding hydrogens is 262 g/mol. The van der Waals surface area contributed by atoms with Gasteiger partial charge < -0.3 is 10.0 Å². The fourth-order valence-electron chi connectivity index (χ4n) is 1.84. The summed E-state index contributed by atoms with van der Waals surface area (Å²) in [5.41, 5.74) is 1.97. The van der Waals surface area contributed by atoms with Crippen LogP contribution in [0.1, 0.15) is 6.92 Å². The fraction of sp³-hybridized carbons (Fsp3) is 0.286. The van der Waals surface area contributed by atoms with Gasteiger partial charge >= 0.3 is 0 Å². The van der Waals surface area contributed by atoms with Crippen molar-refractivity contribution < 1.29 is 5.11 Å². The van der Waals surface area contributed by atoms with Crippen molar-refractivity contribution in [1.82, 2.24) is 9.97 Å². The Balaban J connectivity index is 0.00000180. The first-order valence-electron chi connectivity index (χ1n) is 6.08. The molecule has 0 aliphatic heterocycles. The number of hydrogen-bond donors (Lipinski definition) is 1. The lowest BCUT2D eigenvalue weighted by Crippen LogP contribution is -2.27. The van der Waals surface area contributed by atoms with Crippen molar-refractivity contribution in [2.75, 3.05) is 24.6 Å². The monoisotopic (exact) mass is 279 g/mol. The SMILES string of the molecule is CCN(CCO)c1cc(-c2ccccc2)ncn1.Cl. The Morgan fingerprint density at radius 3 is 2.53 bits per heavy atom. The van der Waals surface area contributed by atoms with Gasteiger partial charge in [-0.1, -0.05) is 30.3 Å². The zero-order chi connectivity index (χ0) is 12.8. The molecule has 0 aliphatic rings. The molecule has 0 amide bonds. The smallest absolute Gasteiger partial charge is 0.132 e. The summed E-state index contributed by atoms with van der Waals surface area (Å²) in [4.78, 5) is 10.6. The van der Waals surface area contributed by atoms with Crippen molar-refractivity contribution in [3.05, 3.63) is 42.7 Å². The molecule has 4 nitrogen and oxygen atoms in total. The highest BCUT2D eigenvalue weighted by atomic mass is 35.5. The van der Waals surface area contributed by atoms with Gasteiger partial charge in [0.1, 0.15) is 12.1 Å². The molecule has 102 valence electrons. The van der Waals surface area contributed by atoms with Gasteiger partial charge in [-0.3, -0.25) is 0 Å². The highest BCUT2D eigenvalue weighted by Gasteiger charge is 2.07. The number of aromatic nitrogens is 2. The zero-order valence-corrected chi connectivity index (χ0v) is 11.7. The summed E-state index contributed by atoms with van der Waals surface area (Å²) in [6.07, 6.45) is 1.57. The minimum Gasteiger partial charge on any atom is -0.395 e. The maximum Gasteiger partial charge on any atom is 0.132 e.